The molecule has 0 aliphatic rings. The van der Waals surface area contributed by atoms with Crippen molar-refractivity contribution in [3.8, 4) is 0 Å². The fourth-order valence-corrected chi connectivity index (χ4v) is 1.98. The Morgan fingerprint density at radius 2 is 2.12 bits per heavy atom. The Morgan fingerprint density at radius 3 is 2.65 bits per heavy atom. The number of hydrogen-bond donors (Lipinski definition) is 2. The molecule has 0 aromatic carbocycles. The molecular weight excluding hydrogens is 216 g/mol. The van der Waals surface area contributed by atoms with Gasteiger partial charge in [-0.05, 0) is 31.2 Å². The lowest BCUT2D eigenvalue weighted by Crippen LogP contribution is -2.31. The molecular formula is C13H28N2O2. The maximum Gasteiger partial charge on any atom is 0.220 e. The number of rotatable bonds is 10. The fourth-order valence-electron chi connectivity index (χ4n) is 1.98. The lowest BCUT2D eigenvalue weighted by Gasteiger charge is -2.17. The topological polar surface area (TPSA) is 64.3 Å². The van der Waals surface area contributed by atoms with Crippen LogP contribution in [0, 0.1) is 11.8 Å². The minimum atomic E-state index is 0.118. The molecule has 0 aliphatic heterocycles. The summed E-state index contributed by atoms with van der Waals surface area (Å²) >= 11 is 0. The van der Waals surface area contributed by atoms with Crippen LogP contribution in [0.25, 0.3) is 0 Å². The van der Waals surface area contributed by atoms with Crippen LogP contribution in [0.3, 0.4) is 0 Å². The van der Waals surface area contributed by atoms with Crippen LogP contribution in [-0.4, -0.2) is 32.7 Å². The molecule has 0 rings (SSSR count). The number of methoxy groups -OCH3 is 1. The fraction of sp³-hybridized carbons (Fsp3) is 0.923. The first kappa shape index (κ1) is 16.4. The number of amides is 1. The summed E-state index contributed by atoms with van der Waals surface area (Å²) in [6.45, 7) is 6.26. The lowest BCUT2D eigenvalue weighted by atomic mass is 9.99. The standard InChI is InChI=1S/C13H28N2O2/c1-4-5-12(6-7-14)9-15-13(16)8-11(2)10-17-3/h11-12H,4-10,14H2,1-3H3,(H,15,16). The molecule has 2 unspecified atom stereocenters. The molecule has 0 aromatic rings. The van der Waals surface area contributed by atoms with Crippen LogP contribution in [0.5, 0.6) is 0 Å². The first-order chi connectivity index (χ1) is 8.13. The summed E-state index contributed by atoms with van der Waals surface area (Å²) in [5.74, 6) is 0.915. The average Bonchev–Trinajstić information content (AvgIpc) is 2.27. The number of hydrogen-bond acceptors (Lipinski definition) is 3. The normalized spacial score (nSPS) is 14.4. The van der Waals surface area contributed by atoms with Gasteiger partial charge in [0.25, 0.3) is 0 Å². The van der Waals surface area contributed by atoms with Gasteiger partial charge in [0, 0.05) is 26.7 Å². The molecule has 2 atom stereocenters. The smallest absolute Gasteiger partial charge is 0.220 e. The van der Waals surface area contributed by atoms with E-state index >= 15 is 0 Å². The number of nitrogens with one attached hydrogen (secondary N) is 1. The van der Waals surface area contributed by atoms with Crippen LogP contribution in [0.2, 0.25) is 0 Å². The van der Waals surface area contributed by atoms with Gasteiger partial charge in [0.2, 0.25) is 5.91 Å². The molecule has 0 fully saturated rings. The van der Waals surface area contributed by atoms with Crippen molar-refractivity contribution < 1.29 is 9.53 Å². The van der Waals surface area contributed by atoms with Crippen LogP contribution in [0.15, 0.2) is 0 Å². The van der Waals surface area contributed by atoms with E-state index in [2.05, 4.69) is 12.2 Å². The van der Waals surface area contributed by atoms with Gasteiger partial charge in [0.15, 0.2) is 0 Å². The van der Waals surface area contributed by atoms with Crippen molar-refractivity contribution in [1.29, 1.82) is 0 Å². The number of carbonyl (C=O) groups excluding carboxylic acids is 1. The first-order valence-electron chi connectivity index (χ1n) is 6.59. The molecule has 4 heteroatoms. The Kier molecular flexibility index (Phi) is 10.2. The Labute approximate surface area is 105 Å². The van der Waals surface area contributed by atoms with Crippen molar-refractivity contribution in [2.24, 2.45) is 17.6 Å². The zero-order valence-electron chi connectivity index (χ0n) is 11.5. The minimum Gasteiger partial charge on any atom is -0.384 e. The third-order valence-electron chi connectivity index (χ3n) is 2.84. The maximum absolute atomic E-state index is 11.6. The van der Waals surface area contributed by atoms with Crippen LogP contribution in [-0.2, 0) is 9.53 Å². The van der Waals surface area contributed by atoms with Crippen molar-refractivity contribution in [2.45, 2.75) is 39.5 Å². The second-order valence-corrected chi connectivity index (χ2v) is 4.80. The van der Waals surface area contributed by atoms with Gasteiger partial charge in [-0.15, -0.1) is 0 Å². The van der Waals surface area contributed by atoms with Crippen molar-refractivity contribution >= 4 is 5.91 Å². The van der Waals surface area contributed by atoms with Gasteiger partial charge in [-0.2, -0.15) is 0 Å². The van der Waals surface area contributed by atoms with Gasteiger partial charge in [-0.1, -0.05) is 20.3 Å². The Bertz CT molecular complexity index is 192. The van der Waals surface area contributed by atoms with E-state index in [1.165, 1.54) is 0 Å². The highest BCUT2D eigenvalue weighted by Gasteiger charge is 2.11. The SMILES string of the molecule is CCCC(CCN)CNC(=O)CC(C)COC. The van der Waals surface area contributed by atoms with E-state index in [1.54, 1.807) is 7.11 Å². The van der Waals surface area contributed by atoms with E-state index in [0.717, 1.165) is 25.8 Å². The molecule has 102 valence electrons. The Balaban J connectivity index is 3.78. The van der Waals surface area contributed by atoms with Crippen molar-refractivity contribution in [2.75, 3.05) is 26.8 Å². The predicted molar refractivity (Wildman–Crippen MR) is 70.7 cm³/mol. The molecule has 0 bridgehead atoms. The molecule has 4 nitrogen and oxygen atoms in total. The molecule has 0 spiro atoms. The van der Waals surface area contributed by atoms with Crippen LogP contribution in [0.1, 0.15) is 39.5 Å². The van der Waals surface area contributed by atoms with Gasteiger partial charge >= 0.3 is 0 Å². The second-order valence-electron chi connectivity index (χ2n) is 4.80. The summed E-state index contributed by atoms with van der Waals surface area (Å²) < 4.78 is 5.01. The monoisotopic (exact) mass is 244 g/mol. The first-order valence-corrected chi connectivity index (χ1v) is 6.59. The summed E-state index contributed by atoms with van der Waals surface area (Å²) in [7, 11) is 1.66. The van der Waals surface area contributed by atoms with E-state index in [1.807, 2.05) is 6.92 Å². The Morgan fingerprint density at radius 1 is 1.41 bits per heavy atom. The van der Waals surface area contributed by atoms with E-state index in [9.17, 15) is 4.79 Å². The van der Waals surface area contributed by atoms with E-state index in [4.69, 9.17) is 10.5 Å². The van der Waals surface area contributed by atoms with E-state index in [0.29, 0.717) is 25.5 Å². The number of ether oxygens (including phenoxy) is 1. The molecule has 0 saturated heterocycles. The quantitative estimate of drug-likeness (QED) is 0.612. The molecule has 1 amide bonds. The van der Waals surface area contributed by atoms with Gasteiger partial charge in [0.1, 0.15) is 0 Å². The zero-order valence-corrected chi connectivity index (χ0v) is 11.5. The molecule has 0 aromatic heterocycles. The molecule has 0 heterocycles. The zero-order chi connectivity index (χ0) is 13.1. The molecule has 17 heavy (non-hydrogen) atoms. The molecule has 0 saturated carbocycles. The van der Waals surface area contributed by atoms with Crippen LogP contribution >= 0.6 is 0 Å². The third-order valence-corrected chi connectivity index (χ3v) is 2.84. The highest BCUT2D eigenvalue weighted by molar-refractivity contribution is 5.76. The number of nitrogens with two attached hydrogens (primary N) is 1. The molecule has 3 N–H and O–H groups in total. The molecule has 0 aliphatic carbocycles. The third kappa shape index (κ3) is 9.12. The molecule has 0 radical (unpaired) electrons. The maximum atomic E-state index is 11.6. The highest BCUT2D eigenvalue weighted by atomic mass is 16.5. The Hall–Kier alpha value is -0.610. The van der Waals surface area contributed by atoms with Gasteiger partial charge < -0.3 is 15.8 Å². The average molecular weight is 244 g/mol. The lowest BCUT2D eigenvalue weighted by molar-refractivity contribution is -0.122. The van der Waals surface area contributed by atoms with E-state index in [-0.39, 0.29) is 11.8 Å². The summed E-state index contributed by atoms with van der Waals surface area (Å²) in [4.78, 5) is 11.6. The summed E-state index contributed by atoms with van der Waals surface area (Å²) in [6.07, 6.45) is 3.79. The number of carbonyl (C=O) groups is 1. The largest absolute Gasteiger partial charge is 0.384 e. The summed E-state index contributed by atoms with van der Waals surface area (Å²) in [6, 6.07) is 0. The van der Waals surface area contributed by atoms with Gasteiger partial charge in [0.05, 0.1) is 0 Å². The van der Waals surface area contributed by atoms with Crippen molar-refractivity contribution in [1.82, 2.24) is 5.32 Å². The van der Waals surface area contributed by atoms with Crippen LogP contribution < -0.4 is 11.1 Å². The second kappa shape index (κ2) is 10.5. The van der Waals surface area contributed by atoms with Gasteiger partial charge in [-0.25, -0.2) is 0 Å². The summed E-state index contributed by atoms with van der Waals surface area (Å²) in [5, 5.41) is 2.99. The van der Waals surface area contributed by atoms with E-state index < -0.39 is 0 Å². The summed E-state index contributed by atoms with van der Waals surface area (Å²) in [5.41, 5.74) is 5.56. The minimum absolute atomic E-state index is 0.118. The highest BCUT2D eigenvalue weighted by Crippen LogP contribution is 2.09. The predicted octanol–water partition coefficient (Wildman–Crippen LogP) is 1.54. The van der Waals surface area contributed by atoms with Crippen molar-refractivity contribution in [3.05, 3.63) is 0 Å². The van der Waals surface area contributed by atoms with Crippen LogP contribution in [0.4, 0.5) is 0 Å². The van der Waals surface area contributed by atoms with Crippen molar-refractivity contribution in [3.63, 3.8) is 0 Å². The van der Waals surface area contributed by atoms with Gasteiger partial charge in [-0.3, -0.25) is 4.79 Å².